The van der Waals surface area contributed by atoms with E-state index in [1.54, 1.807) is 41.2 Å². The SMILES string of the molecule is O=C(N=c1ccn(-c2ccccc2)nc1)Oc1cccc(Cl)c1. The third kappa shape index (κ3) is 4.05. The molecule has 0 aliphatic heterocycles. The number of rotatable bonds is 2. The average molecular weight is 326 g/mol. The van der Waals surface area contributed by atoms with Crippen molar-refractivity contribution in [3.8, 4) is 11.4 Å². The summed E-state index contributed by atoms with van der Waals surface area (Å²) in [4.78, 5) is 15.6. The van der Waals surface area contributed by atoms with E-state index in [-0.39, 0.29) is 0 Å². The molecular formula is C17H12ClN3O2. The predicted octanol–water partition coefficient (Wildman–Crippen LogP) is 3.63. The highest BCUT2D eigenvalue weighted by Gasteiger charge is 2.02. The number of para-hydroxylation sites is 1. The van der Waals surface area contributed by atoms with E-state index < -0.39 is 6.09 Å². The molecule has 0 spiro atoms. The van der Waals surface area contributed by atoms with Gasteiger partial charge in [-0.2, -0.15) is 10.1 Å². The summed E-state index contributed by atoms with van der Waals surface area (Å²) in [6.07, 6.45) is 2.49. The molecule has 0 aliphatic carbocycles. The van der Waals surface area contributed by atoms with Crippen LogP contribution in [-0.4, -0.2) is 15.9 Å². The van der Waals surface area contributed by atoms with Gasteiger partial charge in [0.05, 0.1) is 17.2 Å². The maximum absolute atomic E-state index is 11.8. The van der Waals surface area contributed by atoms with E-state index in [9.17, 15) is 4.79 Å². The molecule has 0 saturated carbocycles. The molecular weight excluding hydrogens is 314 g/mol. The second-order valence-electron chi connectivity index (χ2n) is 4.60. The Labute approximate surface area is 137 Å². The number of amides is 1. The van der Waals surface area contributed by atoms with Crippen molar-refractivity contribution in [2.24, 2.45) is 4.99 Å². The van der Waals surface area contributed by atoms with Gasteiger partial charge in [0.2, 0.25) is 0 Å². The largest absolute Gasteiger partial charge is 0.439 e. The van der Waals surface area contributed by atoms with Crippen molar-refractivity contribution in [3.63, 3.8) is 0 Å². The Hall–Kier alpha value is -2.92. The lowest BCUT2D eigenvalue weighted by Gasteiger charge is -2.03. The lowest BCUT2D eigenvalue weighted by Crippen LogP contribution is -2.13. The van der Waals surface area contributed by atoms with Gasteiger partial charge in [0, 0.05) is 11.2 Å². The topological polar surface area (TPSA) is 56.5 Å². The van der Waals surface area contributed by atoms with Crippen LogP contribution in [0.15, 0.2) is 78.0 Å². The van der Waals surface area contributed by atoms with Crippen LogP contribution >= 0.6 is 11.6 Å². The highest BCUT2D eigenvalue weighted by Crippen LogP contribution is 2.17. The number of benzene rings is 2. The first-order valence-electron chi connectivity index (χ1n) is 6.83. The molecule has 6 heteroatoms. The van der Waals surface area contributed by atoms with Gasteiger partial charge in [-0.3, -0.25) is 0 Å². The second kappa shape index (κ2) is 6.89. The molecule has 2 aromatic carbocycles. The van der Waals surface area contributed by atoms with E-state index in [4.69, 9.17) is 16.3 Å². The van der Waals surface area contributed by atoms with Crippen LogP contribution in [0, 0.1) is 0 Å². The molecule has 114 valence electrons. The van der Waals surface area contributed by atoms with Gasteiger partial charge >= 0.3 is 6.09 Å². The third-order valence-corrected chi connectivity index (χ3v) is 3.18. The second-order valence-corrected chi connectivity index (χ2v) is 5.04. The summed E-state index contributed by atoms with van der Waals surface area (Å²) in [5.41, 5.74) is 0.917. The Kier molecular flexibility index (Phi) is 4.49. The zero-order valence-corrected chi connectivity index (χ0v) is 12.7. The molecule has 0 atom stereocenters. The maximum Gasteiger partial charge on any atom is 0.439 e. The summed E-state index contributed by atoms with van der Waals surface area (Å²) in [7, 11) is 0. The summed E-state index contributed by atoms with van der Waals surface area (Å²) in [5, 5.41) is 5.11. The average Bonchev–Trinajstić information content (AvgIpc) is 2.56. The quantitative estimate of drug-likeness (QED) is 0.723. The molecule has 3 aromatic rings. The molecule has 0 bridgehead atoms. The van der Waals surface area contributed by atoms with Crippen LogP contribution in [0.2, 0.25) is 5.02 Å². The number of ether oxygens (including phenoxy) is 1. The normalized spacial score (nSPS) is 11.3. The number of carbonyl (C=O) groups is 1. The Morgan fingerprint density at radius 3 is 2.61 bits per heavy atom. The van der Waals surface area contributed by atoms with Gasteiger partial charge in [-0.1, -0.05) is 35.9 Å². The molecule has 23 heavy (non-hydrogen) atoms. The molecule has 0 unspecified atom stereocenters. The zero-order valence-electron chi connectivity index (χ0n) is 12.0. The van der Waals surface area contributed by atoms with Crippen LogP contribution in [0.5, 0.6) is 5.75 Å². The lowest BCUT2D eigenvalue weighted by atomic mass is 10.3. The van der Waals surface area contributed by atoms with E-state index in [2.05, 4.69) is 10.1 Å². The Morgan fingerprint density at radius 2 is 1.91 bits per heavy atom. The number of carbonyl (C=O) groups excluding carboxylic acids is 1. The van der Waals surface area contributed by atoms with Crippen molar-refractivity contribution < 1.29 is 9.53 Å². The van der Waals surface area contributed by atoms with Crippen molar-refractivity contribution in [1.82, 2.24) is 9.78 Å². The standard InChI is InChI=1S/C17H12ClN3O2/c18-13-5-4-8-16(11-13)23-17(22)20-14-9-10-21(19-12-14)15-6-2-1-3-7-15/h1-12H. The van der Waals surface area contributed by atoms with Crippen molar-refractivity contribution in [2.45, 2.75) is 0 Å². The fourth-order valence-corrected chi connectivity index (χ4v) is 2.09. The summed E-state index contributed by atoms with van der Waals surface area (Å²) in [6.45, 7) is 0. The summed E-state index contributed by atoms with van der Waals surface area (Å²) in [5.74, 6) is 0.342. The van der Waals surface area contributed by atoms with Crippen LogP contribution in [0.3, 0.4) is 0 Å². The van der Waals surface area contributed by atoms with Crippen molar-refractivity contribution in [3.05, 3.63) is 83.4 Å². The first-order chi connectivity index (χ1) is 11.2. The molecule has 1 aromatic heterocycles. The van der Waals surface area contributed by atoms with Crippen LogP contribution in [0.1, 0.15) is 0 Å². The summed E-state index contributed by atoms with van der Waals surface area (Å²) in [6, 6.07) is 17.9. The van der Waals surface area contributed by atoms with Gasteiger partial charge in [-0.25, -0.2) is 9.48 Å². The smallest absolute Gasteiger partial charge is 0.409 e. The van der Waals surface area contributed by atoms with Crippen LogP contribution in [0.4, 0.5) is 4.79 Å². The number of hydrogen-bond acceptors (Lipinski definition) is 3. The van der Waals surface area contributed by atoms with E-state index in [0.717, 1.165) is 5.69 Å². The molecule has 1 heterocycles. The Morgan fingerprint density at radius 1 is 1.09 bits per heavy atom. The van der Waals surface area contributed by atoms with Gasteiger partial charge in [0.15, 0.2) is 0 Å². The minimum atomic E-state index is -0.730. The first-order valence-corrected chi connectivity index (χ1v) is 7.21. The van der Waals surface area contributed by atoms with E-state index in [1.165, 1.54) is 6.20 Å². The fourth-order valence-electron chi connectivity index (χ4n) is 1.91. The number of nitrogens with zero attached hydrogens (tertiary/aromatic N) is 3. The molecule has 1 amide bonds. The van der Waals surface area contributed by atoms with E-state index in [0.29, 0.717) is 16.1 Å². The molecule has 5 nitrogen and oxygen atoms in total. The van der Waals surface area contributed by atoms with Gasteiger partial charge in [0.25, 0.3) is 0 Å². The predicted molar refractivity (Wildman–Crippen MR) is 86.6 cm³/mol. The zero-order chi connectivity index (χ0) is 16.1. The minimum absolute atomic E-state index is 0.342. The van der Waals surface area contributed by atoms with Crippen molar-refractivity contribution in [2.75, 3.05) is 0 Å². The molecule has 0 fully saturated rings. The first kappa shape index (κ1) is 15.0. The van der Waals surface area contributed by atoms with Gasteiger partial charge in [-0.05, 0) is 36.4 Å². The number of hydrogen-bond donors (Lipinski definition) is 0. The Balaban J connectivity index is 1.76. The van der Waals surface area contributed by atoms with E-state index in [1.807, 2.05) is 30.3 Å². The summed E-state index contributed by atoms with van der Waals surface area (Å²) >= 11 is 5.83. The highest BCUT2D eigenvalue weighted by atomic mass is 35.5. The fraction of sp³-hybridized carbons (Fsp3) is 0. The van der Waals surface area contributed by atoms with Crippen LogP contribution < -0.4 is 10.1 Å². The van der Waals surface area contributed by atoms with Crippen molar-refractivity contribution >= 4 is 17.7 Å². The minimum Gasteiger partial charge on any atom is -0.409 e. The van der Waals surface area contributed by atoms with E-state index >= 15 is 0 Å². The van der Waals surface area contributed by atoms with Crippen LogP contribution in [-0.2, 0) is 0 Å². The number of aromatic nitrogens is 2. The maximum atomic E-state index is 11.8. The molecule has 0 aliphatic rings. The molecule has 0 N–H and O–H groups in total. The Bertz CT molecular complexity index is 871. The highest BCUT2D eigenvalue weighted by molar-refractivity contribution is 6.30. The van der Waals surface area contributed by atoms with Crippen molar-refractivity contribution in [1.29, 1.82) is 0 Å². The third-order valence-electron chi connectivity index (χ3n) is 2.94. The molecule has 0 radical (unpaired) electrons. The monoisotopic (exact) mass is 325 g/mol. The lowest BCUT2D eigenvalue weighted by molar-refractivity contribution is 0.210. The number of halogens is 1. The van der Waals surface area contributed by atoms with Crippen LogP contribution in [0.25, 0.3) is 5.69 Å². The molecule has 3 rings (SSSR count). The molecule has 0 saturated heterocycles. The van der Waals surface area contributed by atoms with Gasteiger partial charge in [-0.15, -0.1) is 0 Å². The van der Waals surface area contributed by atoms with Gasteiger partial charge in [0.1, 0.15) is 5.75 Å². The summed E-state index contributed by atoms with van der Waals surface area (Å²) < 4.78 is 6.77. The van der Waals surface area contributed by atoms with Gasteiger partial charge < -0.3 is 4.74 Å².